The molecule has 0 radical (unpaired) electrons. The Hall–Kier alpha value is -4.13. The molecule has 0 heterocycles. The molecule has 178 valence electrons. The molecule has 0 saturated carbocycles. The zero-order valence-corrected chi connectivity index (χ0v) is 18.9. The van der Waals surface area contributed by atoms with Gasteiger partial charge in [-0.25, -0.2) is 0 Å². The van der Waals surface area contributed by atoms with E-state index in [1.807, 2.05) is 36.4 Å². The maximum atomic E-state index is 12.6. The van der Waals surface area contributed by atoms with Crippen LogP contribution in [-0.2, 0) is 17.6 Å². The molecule has 0 spiro atoms. The lowest BCUT2D eigenvalue weighted by Gasteiger charge is -2.08. The third kappa shape index (κ3) is 6.26. The minimum atomic E-state index is -4.37. The number of carbonyl (C=O) groups excluding carboxylic acids is 1. The number of ether oxygens (including phenoxy) is 1. The normalized spacial score (nSPS) is 11.9. The van der Waals surface area contributed by atoms with Crippen LogP contribution in [0.4, 0.5) is 13.2 Å². The van der Waals surface area contributed by atoms with Gasteiger partial charge in [-0.2, -0.15) is 13.2 Å². The molecule has 0 bridgehead atoms. The number of carbonyl (C=O) groups is 1. The van der Waals surface area contributed by atoms with Crippen molar-refractivity contribution in [2.24, 2.45) is 5.16 Å². The number of nitrogens with zero attached hydrogens (tertiary/aromatic N) is 1. The highest BCUT2D eigenvalue weighted by atomic mass is 19.4. The Morgan fingerprint density at radius 2 is 1.49 bits per heavy atom. The summed E-state index contributed by atoms with van der Waals surface area (Å²) in [7, 11) is 0. The smallest absolute Gasteiger partial charge is 0.416 e. The van der Waals surface area contributed by atoms with Crippen molar-refractivity contribution in [3.8, 4) is 5.75 Å². The quantitative estimate of drug-likeness (QED) is 0.155. The number of fused-ring (bicyclic) bond motifs is 1. The summed E-state index contributed by atoms with van der Waals surface area (Å²) in [6, 6.07) is 25.2. The van der Waals surface area contributed by atoms with Gasteiger partial charge in [0.1, 0.15) is 12.4 Å². The van der Waals surface area contributed by atoms with Crippen molar-refractivity contribution < 1.29 is 27.5 Å². The highest BCUT2D eigenvalue weighted by molar-refractivity contribution is 6.01. The second-order valence-corrected chi connectivity index (χ2v) is 7.94. The molecule has 0 N–H and O–H groups in total. The lowest BCUT2D eigenvalue weighted by atomic mass is 10.0. The van der Waals surface area contributed by atoms with Crippen molar-refractivity contribution in [2.75, 3.05) is 6.61 Å². The second kappa shape index (κ2) is 10.4. The number of benzene rings is 4. The van der Waals surface area contributed by atoms with Crippen LogP contribution >= 0.6 is 0 Å². The minimum absolute atomic E-state index is 0.0492. The van der Waals surface area contributed by atoms with E-state index in [9.17, 15) is 18.0 Å². The summed E-state index contributed by atoms with van der Waals surface area (Å²) in [4.78, 5) is 17.8. The fraction of sp³-hybridized carbons (Fsp3) is 0.143. The number of hydrogen-bond donors (Lipinski definition) is 0. The van der Waals surface area contributed by atoms with Gasteiger partial charge < -0.3 is 9.57 Å². The van der Waals surface area contributed by atoms with Gasteiger partial charge in [0.05, 0.1) is 11.3 Å². The van der Waals surface area contributed by atoms with Gasteiger partial charge in [0.15, 0.2) is 12.4 Å². The van der Waals surface area contributed by atoms with Crippen LogP contribution in [0.25, 0.3) is 10.8 Å². The van der Waals surface area contributed by atoms with Crippen LogP contribution in [0.2, 0.25) is 0 Å². The first-order chi connectivity index (χ1) is 16.8. The third-order valence-electron chi connectivity index (χ3n) is 5.43. The number of ketones is 1. The van der Waals surface area contributed by atoms with Gasteiger partial charge in [-0.1, -0.05) is 53.7 Å². The van der Waals surface area contributed by atoms with Gasteiger partial charge in [-0.3, -0.25) is 4.79 Å². The molecular weight excluding hydrogens is 455 g/mol. The highest BCUT2D eigenvalue weighted by Crippen LogP contribution is 2.29. The average Bonchev–Trinajstić information content (AvgIpc) is 2.87. The van der Waals surface area contributed by atoms with E-state index in [0.29, 0.717) is 22.6 Å². The number of oxime groups is 1. The van der Waals surface area contributed by atoms with Crippen LogP contribution in [0.15, 0.2) is 96.2 Å². The first-order valence-electron chi connectivity index (χ1n) is 10.9. The van der Waals surface area contributed by atoms with Crippen molar-refractivity contribution >= 4 is 22.3 Å². The lowest BCUT2D eigenvalue weighted by Crippen LogP contribution is -2.11. The highest BCUT2D eigenvalue weighted by Gasteiger charge is 2.29. The summed E-state index contributed by atoms with van der Waals surface area (Å²) in [5.74, 6) is 0.426. The summed E-state index contributed by atoms with van der Waals surface area (Å²) in [6.45, 7) is 1.72. The van der Waals surface area contributed by atoms with Crippen molar-refractivity contribution in [3.05, 3.63) is 113 Å². The fourth-order valence-electron chi connectivity index (χ4n) is 3.43. The average molecular weight is 477 g/mol. The Morgan fingerprint density at radius 3 is 2.17 bits per heavy atom. The van der Waals surface area contributed by atoms with Crippen LogP contribution in [0.1, 0.15) is 34.0 Å². The standard InChI is InChI=1S/C28H22F3NO3/c1-19(32-35-17-20-6-12-25(13-7-20)28(29,30)31)21-10-14-26(15-11-21)34-18-27(33)24-9-8-22-4-2-3-5-23(22)16-24/h2-16H,17-18H2,1H3/b32-19+. The van der Waals surface area contributed by atoms with E-state index in [0.717, 1.165) is 28.5 Å². The fourth-order valence-corrected chi connectivity index (χ4v) is 3.43. The lowest BCUT2D eigenvalue weighted by molar-refractivity contribution is -0.137. The molecule has 0 amide bonds. The van der Waals surface area contributed by atoms with Crippen molar-refractivity contribution in [1.29, 1.82) is 0 Å². The Morgan fingerprint density at radius 1 is 0.829 bits per heavy atom. The van der Waals surface area contributed by atoms with Crippen LogP contribution in [0.5, 0.6) is 5.75 Å². The molecule has 0 unspecified atom stereocenters. The van der Waals surface area contributed by atoms with Crippen molar-refractivity contribution in [2.45, 2.75) is 19.7 Å². The summed E-state index contributed by atoms with van der Waals surface area (Å²) in [6.07, 6.45) is -4.37. The Bertz CT molecular complexity index is 1340. The van der Waals surface area contributed by atoms with Crippen molar-refractivity contribution in [3.63, 3.8) is 0 Å². The first-order valence-corrected chi connectivity index (χ1v) is 10.9. The molecule has 0 atom stereocenters. The third-order valence-corrected chi connectivity index (χ3v) is 5.43. The summed E-state index contributed by atoms with van der Waals surface area (Å²) < 4.78 is 43.5. The Balaban J connectivity index is 1.29. The van der Waals surface area contributed by atoms with Gasteiger partial charge in [0.2, 0.25) is 0 Å². The van der Waals surface area contributed by atoms with E-state index < -0.39 is 11.7 Å². The summed E-state index contributed by atoms with van der Waals surface area (Å²) in [5, 5.41) is 6.10. The van der Waals surface area contributed by atoms with E-state index in [1.54, 1.807) is 37.3 Å². The summed E-state index contributed by atoms with van der Waals surface area (Å²) >= 11 is 0. The van der Waals surface area contributed by atoms with Crippen LogP contribution in [-0.4, -0.2) is 18.1 Å². The minimum Gasteiger partial charge on any atom is -0.485 e. The second-order valence-electron chi connectivity index (χ2n) is 7.94. The van der Waals surface area contributed by atoms with Gasteiger partial charge in [-0.15, -0.1) is 0 Å². The number of hydrogen-bond acceptors (Lipinski definition) is 4. The molecular formula is C28H22F3NO3. The molecule has 4 nitrogen and oxygen atoms in total. The molecule has 0 fully saturated rings. The first kappa shape index (κ1) is 24.0. The zero-order chi connectivity index (χ0) is 24.8. The Kier molecular flexibility index (Phi) is 7.15. The molecule has 0 aliphatic rings. The monoisotopic (exact) mass is 477 g/mol. The molecule has 0 aliphatic carbocycles. The molecule has 4 rings (SSSR count). The van der Waals surface area contributed by atoms with Gasteiger partial charge >= 0.3 is 6.18 Å². The van der Waals surface area contributed by atoms with Crippen LogP contribution < -0.4 is 4.74 Å². The molecule has 0 aliphatic heterocycles. The predicted molar refractivity (Wildman–Crippen MR) is 129 cm³/mol. The van der Waals surface area contributed by atoms with E-state index >= 15 is 0 Å². The molecule has 0 saturated heterocycles. The van der Waals surface area contributed by atoms with Crippen LogP contribution in [0, 0.1) is 0 Å². The van der Waals surface area contributed by atoms with E-state index in [1.165, 1.54) is 12.1 Å². The number of alkyl halides is 3. The van der Waals surface area contributed by atoms with Crippen LogP contribution in [0.3, 0.4) is 0 Å². The molecule has 35 heavy (non-hydrogen) atoms. The van der Waals surface area contributed by atoms with Gasteiger partial charge in [0.25, 0.3) is 0 Å². The predicted octanol–water partition coefficient (Wildman–Crippen LogP) is 7.06. The zero-order valence-electron chi connectivity index (χ0n) is 18.9. The molecule has 7 heteroatoms. The van der Waals surface area contributed by atoms with Gasteiger partial charge in [0, 0.05) is 5.56 Å². The topological polar surface area (TPSA) is 47.9 Å². The SMILES string of the molecule is C/C(=N\OCc1ccc(C(F)(F)F)cc1)c1ccc(OCC(=O)c2ccc3ccccc3c2)cc1. The Labute approximate surface area is 200 Å². The van der Waals surface area contributed by atoms with E-state index in [2.05, 4.69) is 5.16 Å². The number of halogens is 3. The molecule has 4 aromatic carbocycles. The van der Waals surface area contributed by atoms with E-state index in [4.69, 9.17) is 9.57 Å². The maximum Gasteiger partial charge on any atom is 0.416 e. The number of rotatable bonds is 8. The maximum absolute atomic E-state index is 12.6. The van der Waals surface area contributed by atoms with E-state index in [-0.39, 0.29) is 19.0 Å². The molecule has 0 aromatic heterocycles. The number of Topliss-reactive ketones (excluding diaryl/α,β-unsaturated/α-hetero) is 1. The van der Waals surface area contributed by atoms with Gasteiger partial charge in [-0.05, 0) is 71.3 Å². The molecule has 4 aromatic rings. The summed E-state index contributed by atoms with van der Waals surface area (Å²) in [5.41, 5.74) is 1.84. The van der Waals surface area contributed by atoms with Crippen molar-refractivity contribution in [1.82, 2.24) is 0 Å². The largest absolute Gasteiger partial charge is 0.485 e.